The molecule has 0 aliphatic rings. The SMILES string of the molecule is CC(C)c1cc(-c2nn(COC(=O)C(C)(C)C)c(=O)n2-c2ccc3c(ccn3C)c2)c(O)cc1O. The molecule has 4 rings (SSSR count). The highest BCUT2D eigenvalue weighted by Crippen LogP contribution is 2.37. The largest absolute Gasteiger partial charge is 0.508 e. The van der Waals surface area contributed by atoms with E-state index in [-0.39, 0.29) is 35.5 Å². The van der Waals surface area contributed by atoms with E-state index in [2.05, 4.69) is 5.10 Å². The Labute approximate surface area is 202 Å². The molecule has 2 heterocycles. The summed E-state index contributed by atoms with van der Waals surface area (Å²) < 4.78 is 9.73. The van der Waals surface area contributed by atoms with E-state index in [1.54, 1.807) is 32.9 Å². The molecule has 184 valence electrons. The molecule has 9 nitrogen and oxygen atoms in total. The fourth-order valence-corrected chi connectivity index (χ4v) is 3.88. The Hall–Kier alpha value is -4.01. The highest BCUT2D eigenvalue weighted by atomic mass is 16.5. The van der Waals surface area contributed by atoms with E-state index in [1.165, 1.54) is 10.6 Å². The zero-order chi connectivity index (χ0) is 25.7. The van der Waals surface area contributed by atoms with E-state index in [0.29, 0.717) is 11.3 Å². The minimum atomic E-state index is -0.741. The summed E-state index contributed by atoms with van der Waals surface area (Å²) in [6.07, 6.45) is 1.92. The van der Waals surface area contributed by atoms with Crippen LogP contribution in [0.25, 0.3) is 28.0 Å². The number of phenolic OH excluding ortho intramolecular Hbond substituents is 2. The number of aromatic hydroxyl groups is 2. The van der Waals surface area contributed by atoms with Crippen molar-refractivity contribution in [2.75, 3.05) is 0 Å². The molecular formula is C26H30N4O5. The summed E-state index contributed by atoms with van der Waals surface area (Å²) in [5.41, 5.74) is 1.13. The van der Waals surface area contributed by atoms with Gasteiger partial charge in [0.1, 0.15) is 11.5 Å². The molecule has 0 fully saturated rings. The summed E-state index contributed by atoms with van der Waals surface area (Å²) in [4.78, 5) is 25.8. The molecule has 2 aromatic heterocycles. The van der Waals surface area contributed by atoms with Crippen LogP contribution in [0.3, 0.4) is 0 Å². The Morgan fingerprint density at radius 1 is 1.09 bits per heavy atom. The summed E-state index contributed by atoms with van der Waals surface area (Å²) in [5.74, 6) is -0.612. The predicted molar refractivity (Wildman–Crippen MR) is 133 cm³/mol. The first kappa shape index (κ1) is 24.1. The number of rotatable bonds is 5. The summed E-state index contributed by atoms with van der Waals surface area (Å²) in [6.45, 7) is 8.61. The van der Waals surface area contributed by atoms with Crippen molar-refractivity contribution >= 4 is 16.9 Å². The van der Waals surface area contributed by atoms with Crippen molar-refractivity contribution in [1.82, 2.24) is 18.9 Å². The number of ether oxygens (including phenoxy) is 1. The molecule has 0 radical (unpaired) electrons. The van der Waals surface area contributed by atoms with E-state index in [0.717, 1.165) is 15.6 Å². The highest BCUT2D eigenvalue weighted by molar-refractivity contribution is 5.83. The maximum Gasteiger partial charge on any atom is 0.353 e. The number of hydrogen-bond acceptors (Lipinski definition) is 6. The minimum Gasteiger partial charge on any atom is -0.508 e. The van der Waals surface area contributed by atoms with Crippen molar-refractivity contribution in [3.8, 4) is 28.6 Å². The number of carbonyl (C=O) groups excluding carboxylic acids is 1. The number of carbonyl (C=O) groups is 1. The van der Waals surface area contributed by atoms with Gasteiger partial charge in [0.2, 0.25) is 0 Å². The lowest BCUT2D eigenvalue weighted by Crippen LogP contribution is -2.29. The fourth-order valence-electron chi connectivity index (χ4n) is 3.88. The standard InChI is InChI=1S/C26H30N4O5/c1-15(2)18-12-19(22(32)13-21(18)31)23-27-29(14-35-24(33)26(3,4)5)25(34)30(23)17-7-8-20-16(11-17)9-10-28(20)6/h7-13,15,31-32H,14H2,1-6H3. The first-order valence-corrected chi connectivity index (χ1v) is 11.4. The van der Waals surface area contributed by atoms with Crippen molar-refractivity contribution in [3.63, 3.8) is 0 Å². The van der Waals surface area contributed by atoms with Crippen LogP contribution in [-0.2, 0) is 23.3 Å². The normalized spacial score (nSPS) is 12.0. The molecule has 0 aliphatic carbocycles. The van der Waals surface area contributed by atoms with Crippen molar-refractivity contribution in [1.29, 1.82) is 0 Å². The molecule has 0 amide bonds. The van der Waals surface area contributed by atoms with Crippen LogP contribution in [0.1, 0.15) is 46.1 Å². The van der Waals surface area contributed by atoms with Gasteiger partial charge in [-0.15, -0.1) is 5.10 Å². The molecule has 2 N–H and O–H groups in total. The molecule has 35 heavy (non-hydrogen) atoms. The van der Waals surface area contributed by atoms with Crippen LogP contribution >= 0.6 is 0 Å². The lowest BCUT2D eigenvalue weighted by atomic mass is 9.98. The molecule has 0 spiro atoms. The Bertz CT molecular complexity index is 1480. The number of benzene rings is 2. The lowest BCUT2D eigenvalue weighted by Gasteiger charge is -2.15. The van der Waals surface area contributed by atoms with E-state index in [1.807, 2.05) is 49.9 Å². The zero-order valence-corrected chi connectivity index (χ0v) is 20.7. The Balaban J connectivity index is 1.92. The third kappa shape index (κ3) is 4.41. The lowest BCUT2D eigenvalue weighted by molar-refractivity contribution is -0.157. The van der Waals surface area contributed by atoms with Gasteiger partial charge in [-0.05, 0) is 62.6 Å². The van der Waals surface area contributed by atoms with Crippen LogP contribution < -0.4 is 5.69 Å². The molecule has 0 unspecified atom stereocenters. The van der Waals surface area contributed by atoms with Gasteiger partial charge in [0.25, 0.3) is 0 Å². The van der Waals surface area contributed by atoms with Crippen LogP contribution in [0.5, 0.6) is 11.5 Å². The van der Waals surface area contributed by atoms with Crippen LogP contribution in [0, 0.1) is 5.41 Å². The Morgan fingerprint density at radius 2 is 1.80 bits per heavy atom. The number of hydrogen-bond donors (Lipinski definition) is 2. The highest BCUT2D eigenvalue weighted by Gasteiger charge is 2.26. The zero-order valence-electron chi connectivity index (χ0n) is 20.7. The van der Waals surface area contributed by atoms with Gasteiger partial charge < -0.3 is 19.5 Å². The number of nitrogens with zero attached hydrogens (tertiary/aromatic N) is 4. The molecule has 0 aliphatic heterocycles. The molecule has 2 aromatic carbocycles. The number of aromatic nitrogens is 4. The predicted octanol–water partition coefficient (Wildman–Crippen LogP) is 4.27. The number of fused-ring (bicyclic) bond motifs is 1. The van der Waals surface area contributed by atoms with Gasteiger partial charge in [-0.25, -0.2) is 9.36 Å². The summed E-state index contributed by atoms with van der Waals surface area (Å²) in [7, 11) is 1.93. The average molecular weight is 479 g/mol. The third-order valence-electron chi connectivity index (χ3n) is 5.90. The number of phenols is 2. The molecule has 0 saturated heterocycles. The van der Waals surface area contributed by atoms with Crippen LogP contribution in [0.2, 0.25) is 0 Å². The van der Waals surface area contributed by atoms with Gasteiger partial charge in [-0.3, -0.25) is 4.79 Å². The maximum absolute atomic E-state index is 13.5. The Kier molecular flexibility index (Phi) is 5.96. The first-order valence-electron chi connectivity index (χ1n) is 11.4. The van der Waals surface area contributed by atoms with E-state index >= 15 is 0 Å². The van der Waals surface area contributed by atoms with Gasteiger partial charge in [0, 0.05) is 30.2 Å². The minimum absolute atomic E-state index is 0.0370. The number of esters is 1. The van der Waals surface area contributed by atoms with Gasteiger partial charge in [-0.1, -0.05) is 13.8 Å². The molecule has 9 heteroatoms. The first-order chi connectivity index (χ1) is 16.4. The topological polar surface area (TPSA) is 112 Å². The maximum atomic E-state index is 13.5. The summed E-state index contributed by atoms with van der Waals surface area (Å²) >= 11 is 0. The van der Waals surface area contributed by atoms with Crippen molar-refractivity contribution in [3.05, 3.63) is 58.6 Å². The van der Waals surface area contributed by atoms with Crippen molar-refractivity contribution in [2.24, 2.45) is 12.5 Å². The van der Waals surface area contributed by atoms with Gasteiger partial charge in [-0.2, -0.15) is 4.68 Å². The molecular weight excluding hydrogens is 448 g/mol. The fraction of sp³-hybridized carbons (Fsp3) is 0.346. The van der Waals surface area contributed by atoms with Gasteiger partial charge in [0.05, 0.1) is 16.7 Å². The van der Waals surface area contributed by atoms with Crippen LogP contribution in [0.15, 0.2) is 47.4 Å². The Morgan fingerprint density at radius 3 is 2.46 bits per heavy atom. The van der Waals surface area contributed by atoms with E-state index < -0.39 is 17.1 Å². The second kappa shape index (κ2) is 8.65. The molecule has 0 bridgehead atoms. The van der Waals surface area contributed by atoms with Crippen molar-refractivity contribution < 1.29 is 19.7 Å². The van der Waals surface area contributed by atoms with Gasteiger partial charge >= 0.3 is 11.7 Å². The third-order valence-corrected chi connectivity index (χ3v) is 5.90. The van der Waals surface area contributed by atoms with Gasteiger partial charge in [0.15, 0.2) is 12.6 Å². The second-order valence-electron chi connectivity index (χ2n) is 10.0. The average Bonchev–Trinajstić information content (AvgIpc) is 3.30. The molecule has 4 aromatic rings. The summed E-state index contributed by atoms with van der Waals surface area (Å²) in [5, 5.41) is 26.4. The quantitative estimate of drug-likeness (QED) is 0.414. The van der Waals surface area contributed by atoms with Crippen LogP contribution in [-0.4, -0.2) is 35.1 Å². The number of aryl methyl sites for hydroxylation is 1. The van der Waals surface area contributed by atoms with E-state index in [4.69, 9.17) is 4.74 Å². The monoisotopic (exact) mass is 478 g/mol. The second-order valence-corrected chi connectivity index (χ2v) is 10.0. The smallest absolute Gasteiger partial charge is 0.353 e. The van der Waals surface area contributed by atoms with Crippen LogP contribution in [0.4, 0.5) is 0 Å². The van der Waals surface area contributed by atoms with E-state index in [9.17, 15) is 19.8 Å². The molecule has 0 saturated carbocycles. The summed E-state index contributed by atoms with van der Waals surface area (Å²) in [6, 6.07) is 10.4. The molecule has 0 atom stereocenters. The van der Waals surface area contributed by atoms with Crippen molar-refractivity contribution in [2.45, 2.75) is 47.3 Å².